The fourth-order valence-electron chi connectivity index (χ4n) is 0.217. The monoisotopic (exact) mass is 177 g/mol. The van der Waals surface area contributed by atoms with Gasteiger partial charge in [0.05, 0.1) is 4.45 Å². The molecule has 0 heterocycles. The van der Waals surface area contributed by atoms with Crippen molar-refractivity contribution in [2.45, 2.75) is 18.3 Å². The Morgan fingerprint density at radius 3 is 2.00 bits per heavy atom. The molecule has 0 spiro atoms. The molecular weight excluding hydrogens is 166 g/mol. The topological polar surface area (TPSA) is 3.24 Å². The maximum absolute atomic E-state index is 3.62. The lowest BCUT2D eigenvalue weighted by Gasteiger charge is -2.27. The molecule has 8 heavy (non-hydrogen) atoms. The Hall–Kier alpha value is 0.0200. The van der Waals surface area contributed by atoms with Gasteiger partial charge < -0.3 is 4.90 Å². The van der Waals surface area contributed by atoms with Crippen LogP contribution in [0, 0.1) is 0 Å². The van der Waals surface area contributed by atoms with Gasteiger partial charge in [0.2, 0.25) is 0 Å². The summed E-state index contributed by atoms with van der Waals surface area (Å²) in [5.74, 6) is 0. The normalized spacial score (nSPS) is 11.0. The third-order valence-corrected chi connectivity index (χ3v) is 1.67. The molecule has 0 aliphatic rings. The van der Waals surface area contributed by atoms with E-state index < -0.39 is 0 Å². The van der Waals surface area contributed by atoms with Crippen LogP contribution in [-0.2, 0) is 0 Å². The van der Waals surface area contributed by atoms with Crippen molar-refractivity contribution in [3.05, 3.63) is 12.8 Å². The van der Waals surface area contributed by atoms with Crippen LogP contribution in [0.4, 0.5) is 0 Å². The molecule has 0 N–H and O–H groups in total. The molecule has 0 aromatic heterocycles. The van der Waals surface area contributed by atoms with Crippen LogP contribution in [0.1, 0.15) is 13.8 Å². The van der Waals surface area contributed by atoms with E-state index in [1.54, 1.807) is 6.20 Å². The summed E-state index contributed by atoms with van der Waals surface area (Å²) in [6.45, 7) is 7.75. The Balaban J connectivity index is 3.80. The van der Waals surface area contributed by atoms with Gasteiger partial charge in [-0.25, -0.2) is 0 Å². The van der Waals surface area contributed by atoms with Crippen molar-refractivity contribution in [1.29, 1.82) is 0 Å². The number of hydrogen-bond acceptors (Lipinski definition) is 1. The summed E-state index contributed by atoms with van der Waals surface area (Å²) in [4.78, 5) is 1.99. The van der Waals surface area contributed by atoms with Gasteiger partial charge in [0.25, 0.3) is 0 Å². The van der Waals surface area contributed by atoms with E-state index in [9.17, 15) is 0 Å². The minimum Gasteiger partial charge on any atom is -0.366 e. The maximum atomic E-state index is 3.62. The zero-order chi connectivity index (χ0) is 6.78. The molecule has 0 aromatic rings. The first kappa shape index (κ1) is 8.02. The van der Waals surface area contributed by atoms with E-state index in [2.05, 4.69) is 36.4 Å². The van der Waals surface area contributed by atoms with Crippen molar-refractivity contribution in [3.63, 3.8) is 0 Å². The maximum Gasteiger partial charge on any atom is 0.0889 e. The van der Waals surface area contributed by atoms with Crippen LogP contribution in [-0.4, -0.2) is 16.4 Å². The van der Waals surface area contributed by atoms with Crippen LogP contribution in [0.5, 0.6) is 0 Å². The predicted molar refractivity (Wildman–Crippen MR) is 41.0 cm³/mol. The van der Waals surface area contributed by atoms with Gasteiger partial charge >= 0.3 is 0 Å². The fraction of sp³-hybridized carbons (Fsp3) is 0.667. The van der Waals surface area contributed by atoms with E-state index >= 15 is 0 Å². The van der Waals surface area contributed by atoms with Gasteiger partial charge in [0.15, 0.2) is 0 Å². The average molecular weight is 178 g/mol. The molecule has 0 radical (unpaired) electrons. The molecule has 0 aliphatic carbocycles. The van der Waals surface area contributed by atoms with Gasteiger partial charge in [-0.2, -0.15) is 0 Å². The number of nitrogens with zero attached hydrogens (tertiary/aromatic N) is 1. The van der Waals surface area contributed by atoms with Gasteiger partial charge in [-0.05, 0) is 20.0 Å². The lowest BCUT2D eigenvalue weighted by Crippen LogP contribution is -2.29. The molecule has 2 heteroatoms. The molecule has 0 saturated heterocycles. The van der Waals surface area contributed by atoms with Crippen molar-refractivity contribution in [3.8, 4) is 0 Å². The third kappa shape index (κ3) is 2.36. The van der Waals surface area contributed by atoms with E-state index in [1.807, 2.05) is 11.9 Å². The number of rotatable bonds is 2. The quantitative estimate of drug-likeness (QED) is 0.462. The molecule has 0 unspecified atom stereocenters. The minimum atomic E-state index is 0.0365. The molecule has 0 rings (SSSR count). The fourth-order valence-corrected chi connectivity index (χ4v) is 0.362. The van der Waals surface area contributed by atoms with Gasteiger partial charge in [0.1, 0.15) is 0 Å². The Labute approximate surface area is 59.5 Å². The first-order chi connectivity index (χ1) is 3.48. The molecule has 0 atom stereocenters. The molecule has 0 aromatic carbocycles. The largest absolute Gasteiger partial charge is 0.366 e. The highest BCUT2D eigenvalue weighted by molar-refractivity contribution is 9.10. The number of hydrogen-bond donors (Lipinski definition) is 0. The van der Waals surface area contributed by atoms with E-state index in [1.165, 1.54) is 0 Å². The van der Waals surface area contributed by atoms with Crippen LogP contribution in [0.3, 0.4) is 0 Å². The molecule has 48 valence electrons. The lowest BCUT2D eigenvalue weighted by atomic mass is 10.4. The number of alkyl halides is 1. The summed E-state index contributed by atoms with van der Waals surface area (Å²) < 4.78 is 0.0365. The summed E-state index contributed by atoms with van der Waals surface area (Å²) in [5, 5.41) is 0. The lowest BCUT2D eigenvalue weighted by molar-refractivity contribution is 0.347. The molecule has 0 amide bonds. The second-order valence-electron chi connectivity index (χ2n) is 2.20. The Bertz CT molecular complexity index is 83.0. The third-order valence-electron chi connectivity index (χ3n) is 1.11. The molecule has 1 nitrogen and oxygen atoms in total. The van der Waals surface area contributed by atoms with E-state index in [0.717, 1.165) is 0 Å². The minimum absolute atomic E-state index is 0.0365. The average Bonchev–Trinajstić information content (AvgIpc) is 1.62. The molecular formula is C6H12BrN. The second kappa shape index (κ2) is 2.53. The van der Waals surface area contributed by atoms with Crippen LogP contribution >= 0.6 is 15.9 Å². The Morgan fingerprint density at radius 2 is 2.00 bits per heavy atom. The van der Waals surface area contributed by atoms with E-state index in [-0.39, 0.29) is 4.45 Å². The van der Waals surface area contributed by atoms with Crippen LogP contribution in [0.15, 0.2) is 12.8 Å². The van der Waals surface area contributed by atoms with Crippen LogP contribution in [0.25, 0.3) is 0 Å². The van der Waals surface area contributed by atoms with Crippen LogP contribution in [0.2, 0.25) is 0 Å². The zero-order valence-electron chi connectivity index (χ0n) is 5.61. The van der Waals surface area contributed by atoms with Crippen LogP contribution < -0.4 is 0 Å². The second-order valence-corrected chi connectivity index (χ2v) is 4.14. The van der Waals surface area contributed by atoms with E-state index in [0.29, 0.717) is 0 Å². The summed E-state index contributed by atoms with van der Waals surface area (Å²) in [6, 6.07) is 0. The predicted octanol–water partition coefficient (Wildman–Crippen LogP) is 2.19. The first-order valence-corrected chi connectivity index (χ1v) is 3.32. The highest BCUT2D eigenvalue weighted by Crippen LogP contribution is 2.19. The molecule has 0 fully saturated rings. The van der Waals surface area contributed by atoms with Crippen molar-refractivity contribution in [2.24, 2.45) is 0 Å². The Kier molecular flexibility index (Phi) is 2.54. The molecule has 0 bridgehead atoms. The van der Waals surface area contributed by atoms with Crippen molar-refractivity contribution in [2.75, 3.05) is 7.05 Å². The summed E-state index contributed by atoms with van der Waals surface area (Å²) in [5.41, 5.74) is 0. The van der Waals surface area contributed by atoms with Gasteiger partial charge in [-0.1, -0.05) is 22.5 Å². The SMILES string of the molecule is C=CN(C)C(C)(C)Br. The highest BCUT2D eigenvalue weighted by atomic mass is 79.9. The Morgan fingerprint density at radius 1 is 1.62 bits per heavy atom. The van der Waals surface area contributed by atoms with Crippen molar-refractivity contribution < 1.29 is 0 Å². The standard InChI is InChI=1S/C6H12BrN/c1-5-8(4)6(2,3)7/h5H,1H2,2-4H3. The smallest absolute Gasteiger partial charge is 0.0889 e. The van der Waals surface area contributed by atoms with Gasteiger partial charge in [-0.15, -0.1) is 0 Å². The highest BCUT2D eigenvalue weighted by Gasteiger charge is 2.14. The van der Waals surface area contributed by atoms with Crippen molar-refractivity contribution in [1.82, 2.24) is 4.90 Å². The molecule has 0 aliphatic heterocycles. The van der Waals surface area contributed by atoms with Gasteiger partial charge in [0, 0.05) is 7.05 Å². The molecule has 0 saturated carbocycles. The summed E-state index contributed by atoms with van der Waals surface area (Å²) >= 11 is 3.46. The van der Waals surface area contributed by atoms with Crippen molar-refractivity contribution >= 4 is 15.9 Å². The zero-order valence-corrected chi connectivity index (χ0v) is 7.20. The van der Waals surface area contributed by atoms with E-state index in [4.69, 9.17) is 0 Å². The van der Waals surface area contributed by atoms with Gasteiger partial charge in [-0.3, -0.25) is 0 Å². The number of halogens is 1. The summed E-state index contributed by atoms with van der Waals surface area (Å²) in [7, 11) is 1.97. The first-order valence-electron chi connectivity index (χ1n) is 2.53. The summed E-state index contributed by atoms with van der Waals surface area (Å²) in [6.07, 6.45) is 1.79.